The molecular formula is C25H27ClN4O4S. The summed E-state index contributed by atoms with van der Waals surface area (Å²) < 4.78 is 7.07. The van der Waals surface area contributed by atoms with Gasteiger partial charge < -0.3 is 15.4 Å². The third-order valence-electron chi connectivity index (χ3n) is 5.64. The molecule has 0 spiro atoms. The molecule has 0 aliphatic carbocycles. The van der Waals surface area contributed by atoms with Crippen LogP contribution in [0.15, 0.2) is 58.5 Å². The van der Waals surface area contributed by atoms with Gasteiger partial charge in [-0.15, -0.1) is 0 Å². The minimum Gasteiger partial charge on any atom is -0.376 e. The van der Waals surface area contributed by atoms with Gasteiger partial charge in [0.15, 0.2) is 5.16 Å². The number of carbonyl (C=O) groups excluding carboxylic acids is 2. The van der Waals surface area contributed by atoms with Crippen molar-refractivity contribution in [3.63, 3.8) is 0 Å². The number of carbonyl (C=O) groups is 2. The summed E-state index contributed by atoms with van der Waals surface area (Å²) in [6.07, 6.45) is 2.82. The second-order valence-corrected chi connectivity index (χ2v) is 9.58. The van der Waals surface area contributed by atoms with Crippen molar-refractivity contribution in [3.05, 3.63) is 63.9 Å². The van der Waals surface area contributed by atoms with Gasteiger partial charge >= 0.3 is 0 Å². The van der Waals surface area contributed by atoms with Crippen LogP contribution in [0.4, 0.5) is 5.69 Å². The van der Waals surface area contributed by atoms with Crippen LogP contribution in [0.25, 0.3) is 10.9 Å². The Balaban J connectivity index is 1.41. The number of nitrogens with zero attached hydrogens (tertiary/aromatic N) is 2. The molecule has 1 saturated heterocycles. The van der Waals surface area contributed by atoms with Crippen molar-refractivity contribution < 1.29 is 14.3 Å². The second-order valence-electron chi connectivity index (χ2n) is 8.23. The Bertz CT molecular complexity index is 1260. The minimum absolute atomic E-state index is 0.0535. The Hall–Kier alpha value is -2.88. The number of hydrogen-bond donors (Lipinski definition) is 2. The highest BCUT2D eigenvalue weighted by atomic mass is 35.5. The molecule has 3 aromatic rings. The highest BCUT2D eigenvalue weighted by Gasteiger charge is 2.17. The maximum atomic E-state index is 13.2. The summed E-state index contributed by atoms with van der Waals surface area (Å²) in [5.74, 6) is -0.279. The van der Waals surface area contributed by atoms with Gasteiger partial charge in [-0.2, -0.15) is 0 Å². The van der Waals surface area contributed by atoms with E-state index < -0.39 is 0 Å². The third-order valence-corrected chi connectivity index (χ3v) is 6.95. The first-order valence-electron chi connectivity index (χ1n) is 11.6. The monoisotopic (exact) mass is 514 g/mol. The van der Waals surface area contributed by atoms with Gasteiger partial charge in [-0.25, -0.2) is 4.98 Å². The Morgan fingerprint density at radius 2 is 1.94 bits per heavy atom. The first kappa shape index (κ1) is 25.2. The van der Waals surface area contributed by atoms with E-state index in [9.17, 15) is 14.4 Å². The first-order valence-corrected chi connectivity index (χ1v) is 12.9. The fourth-order valence-corrected chi connectivity index (χ4v) is 4.86. The van der Waals surface area contributed by atoms with Crippen molar-refractivity contribution in [2.75, 3.05) is 24.2 Å². The van der Waals surface area contributed by atoms with Crippen molar-refractivity contribution >= 4 is 51.8 Å². The van der Waals surface area contributed by atoms with E-state index in [-0.39, 0.29) is 35.7 Å². The molecule has 1 aliphatic heterocycles. The molecule has 1 aromatic heterocycles. The van der Waals surface area contributed by atoms with Crippen LogP contribution < -0.4 is 16.2 Å². The summed E-state index contributed by atoms with van der Waals surface area (Å²) in [5.41, 5.74) is 0.902. The first-order chi connectivity index (χ1) is 17.0. The molecule has 2 amide bonds. The topological polar surface area (TPSA) is 102 Å². The standard InChI is InChI=1S/C25H27ClN4O4S/c26-19-9-2-4-11-21(19)28-23(32)16-35-25-29-20-10-3-1-8-18(20)24(33)30(25)13-5-12-22(31)27-15-17-7-6-14-34-17/h1-4,8-11,17H,5-7,12-16H2,(H,27,31)(H,28,32)/t17-/m0/s1. The molecule has 8 nitrogen and oxygen atoms in total. The van der Waals surface area contributed by atoms with Crippen molar-refractivity contribution in [2.24, 2.45) is 0 Å². The molecule has 2 aromatic carbocycles. The molecule has 4 rings (SSSR count). The number of nitrogens with one attached hydrogen (secondary N) is 2. The zero-order chi connectivity index (χ0) is 24.6. The van der Waals surface area contributed by atoms with Crippen LogP contribution in [0.5, 0.6) is 0 Å². The molecule has 2 heterocycles. The predicted molar refractivity (Wildman–Crippen MR) is 138 cm³/mol. The van der Waals surface area contributed by atoms with Gasteiger partial charge in [0.1, 0.15) is 0 Å². The van der Waals surface area contributed by atoms with Gasteiger partial charge in [-0.1, -0.05) is 47.6 Å². The highest BCUT2D eigenvalue weighted by Crippen LogP contribution is 2.22. The van der Waals surface area contributed by atoms with Gasteiger partial charge in [-0.3, -0.25) is 19.0 Å². The lowest BCUT2D eigenvalue weighted by atomic mass is 10.2. The molecule has 0 radical (unpaired) electrons. The number of thioether (sulfide) groups is 1. The van der Waals surface area contributed by atoms with Gasteiger partial charge in [0.2, 0.25) is 11.8 Å². The number of hydrogen-bond acceptors (Lipinski definition) is 6. The third kappa shape index (κ3) is 6.84. The van der Waals surface area contributed by atoms with Crippen molar-refractivity contribution in [3.8, 4) is 0 Å². The number of fused-ring (bicyclic) bond motifs is 1. The molecule has 1 atom stereocenters. The summed E-state index contributed by atoms with van der Waals surface area (Å²) in [6, 6.07) is 14.1. The van der Waals surface area contributed by atoms with Crippen LogP contribution in [0, 0.1) is 0 Å². The molecule has 1 aliphatic rings. The number of halogens is 1. The fraction of sp³-hybridized carbons (Fsp3) is 0.360. The van der Waals surface area contributed by atoms with Crippen LogP contribution in [0.3, 0.4) is 0 Å². The number of amides is 2. The van der Waals surface area contributed by atoms with E-state index in [1.54, 1.807) is 47.0 Å². The van der Waals surface area contributed by atoms with Crippen LogP contribution in [0.1, 0.15) is 25.7 Å². The van der Waals surface area contributed by atoms with Crippen LogP contribution in [-0.2, 0) is 20.9 Å². The summed E-state index contributed by atoms with van der Waals surface area (Å²) in [7, 11) is 0. The van der Waals surface area contributed by atoms with Gasteiger partial charge in [0, 0.05) is 26.1 Å². The van der Waals surface area contributed by atoms with Gasteiger partial charge in [0.05, 0.1) is 33.5 Å². The van der Waals surface area contributed by atoms with E-state index in [1.807, 2.05) is 6.07 Å². The van der Waals surface area contributed by atoms with Crippen LogP contribution >= 0.6 is 23.4 Å². The molecule has 1 fully saturated rings. The Morgan fingerprint density at radius 1 is 1.14 bits per heavy atom. The zero-order valence-electron chi connectivity index (χ0n) is 19.2. The zero-order valence-corrected chi connectivity index (χ0v) is 20.7. The lowest BCUT2D eigenvalue weighted by molar-refractivity contribution is -0.121. The second kappa shape index (κ2) is 12.2. The van der Waals surface area contributed by atoms with Crippen LogP contribution in [0.2, 0.25) is 5.02 Å². The summed E-state index contributed by atoms with van der Waals surface area (Å²) in [6.45, 7) is 1.58. The smallest absolute Gasteiger partial charge is 0.262 e. The lowest BCUT2D eigenvalue weighted by Gasteiger charge is -2.14. The Morgan fingerprint density at radius 3 is 2.74 bits per heavy atom. The minimum atomic E-state index is -0.259. The van der Waals surface area contributed by atoms with Crippen LogP contribution in [-0.4, -0.2) is 46.4 Å². The van der Waals surface area contributed by atoms with E-state index in [1.165, 1.54) is 11.8 Å². The van der Waals surface area contributed by atoms with Crippen molar-refractivity contribution in [2.45, 2.75) is 43.5 Å². The summed E-state index contributed by atoms with van der Waals surface area (Å²) in [5, 5.41) is 7.06. The van der Waals surface area contributed by atoms with E-state index in [0.29, 0.717) is 46.3 Å². The molecule has 0 unspecified atom stereocenters. The molecule has 2 N–H and O–H groups in total. The molecule has 10 heteroatoms. The maximum absolute atomic E-state index is 13.2. The van der Waals surface area contributed by atoms with E-state index in [2.05, 4.69) is 15.6 Å². The number of benzene rings is 2. The molecule has 35 heavy (non-hydrogen) atoms. The molecule has 0 bridgehead atoms. The van der Waals surface area contributed by atoms with Gasteiger partial charge in [-0.05, 0) is 43.5 Å². The number of para-hydroxylation sites is 2. The summed E-state index contributed by atoms with van der Waals surface area (Å²) >= 11 is 7.29. The molecule has 184 valence electrons. The van der Waals surface area contributed by atoms with E-state index >= 15 is 0 Å². The van der Waals surface area contributed by atoms with Crippen molar-refractivity contribution in [1.29, 1.82) is 0 Å². The molecule has 0 saturated carbocycles. The predicted octanol–water partition coefficient (Wildman–Crippen LogP) is 3.86. The lowest BCUT2D eigenvalue weighted by Crippen LogP contribution is -2.32. The fourth-order valence-electron chi connectivity index (χ4n) is 3.85. The number of ether oxygens (including phenoxy) is 1. The SMILES string of the molecule is O=C(CCCn1c(SCC(=O)Nc2ccccc2Cl)nc2ccccc2c1=O)NC[C@@H]1CCCO1. The Labute approximate surface area is 212 Å². The average molecular weight is 515 g/mol. The number of aromatic nitrogens is 2. The molecular weight excluding hydrogens is 488 g/mol. The largest absolute Gasteiger partial charge is 0.376 e. The van der Waals surface area contributed by atoms with Crippen molar-refractivity contribution in [1.82, 2.24) is 14.9 Å². The number of anilines is 1. The normalized spacial score (nSPS) is 15.3. The van der Waals surface area contributed by atoms with Gasteiger partial charge in [0.25, 0.3) is 5.56 Å². The maximum Gasteiger partial charge on any atom is 0.262 e. The number of rotatable bonds is 10. The highest BCUT2D eigenvalue weighted by molar-refractivity contribution is 7.99. The van der Waals surface area contributed by atoms with E-state index in [4.69, 9.17) is 16.3 Å². The average Bonchev–Trinajstić information content (AvgIpc) is 3.38. The Kier molecular flexibility index (Phi) is 8.79. The van der Waals surface area contributed by atoms with E-state index in [0.717, 1.165) is 19.4 Å². The quantitative estimate of drug-likeness (QED) is 0.314. The summed E-state index contributed by atoms with van der Waals surface area (Å²) in [4.78, 5) is 42.6.